The van der Waals surface area contributed by atoms with Crippen LogP contribution in [0, 0.1) is 0 Å². The number of unbranched alkanes of at least 4 members (excludes halogenated alkanes) is 20. The van der Waals surface area contributed by atoms with Gasteiger partial charge in [-0.2, -0.15) is 0 Å². The van der Waals surface area contributed by atoms with Gasteiger partial charge in [-0.25, -0.2) is 0 Å². The standard InChI is InChI=1S/C59H96O6/c1-4-7-10-13-16-19-22-25-27-29-31-34-37-40-43-46-49-52-58(61)64-55-56(54-63-57(60)51-48-45-42-39-36-33-24-21-18-15-12-9-6-3)65-59(62)53-50-47-44-41-38-35-32-30-28-26-23-20-17-14-11-8-5-2/h7,9-10,12,15-16,18-19,21,24-25,27,31,33-34,36,40,43,56H,4-6,8,11,13-14,17,20,22-23,26,28-30,32,35,37-39,41-42,44-55H2,1-3H3/b10-7+,12-9+,18-15+,19-16+,24-21+,27-25+,34-31+,36-33+,43-40+. The summed E-state index contributed by atoms with van der Waals surface area (Å²) in [5.41, 5.74) is 0. The number of carbonyl (C=O) groups excluding carboxylic acids is 3. The molecular formula is C59H96O6. The third-order valence-corrected chi connectivity index (χ3v) is 10.9. The number of ether oxygens (including phenoxy) is 3. The van der Waals surface area contributed by atoms with E-state index in [1.807, 2.05) is 36.5 Å². The molecule has 0 aliphatic carbocycles. The van der Waals surface area contributed by atoms with Gasteiger partial charge in [-0.05, 0) is 77.0 Å². The summed E-state index contributed by atoms with van der Waals surface area (Å²) in [5, 5.41) is 0. The fourth-order valence-corrected chi connectivity index (χ4v) is 6.96. The van der Waals surface area contributed by atoms with Crippen molar-refractivity contribution < 1.29 is 28.6 Å². The summed E-state index contributed by atoms with van der Waals surface area (Å²) in [6.45, 7) is 6.30. The average Bonchev–Trinajstić information content (AvgIpc) is 3.30. The van der Waals surface area contributed by atoms with Crippen LogP contribution in [0.4, 0.5) is 0 Å². The molecule has 0 fully saturated rings. The number of hydrogen-bond donors (Lipinski definition) is 0. The van der Waals surface area contributed by atoms with Gasteiger partial charge in [0.2, 0.25) is 0 Å². The minimum atomic E-state index is -0.817. The number of allylic oxidation sites excluding steroid dienone is 18. The Balaban J connectivity index is 4.51. The monoisotopic (exact) mass is 901 g/mol. The largest absolute Gasteiger partial charge is 0.462 e. The molecule has 1 unspecified atom stereocenters. The quantitative estimate of drug-likeness (QED) is 0.0199. The van der Waals surface area contributed by atoms with E-state index in [2.05, 4.69) is 93.7 Å². The van der Waals surface area contributed by atoms with Gasteiger partial charge in [-0.15, -0.1) is 0 Å². The SMILES string of the molecule is CC/C=C/C=C/C=C/C=C/CCCCCC(=O)OCC(COC(=O)CCC/C=C/C/C=C/C/C=C/C/C=C/C/C=C/CC)OC(=O)CCCCCCCCCCCCCCCCCCC. The van der Waals surface area contributed by atoms with Crippen LogP contribution in [0.2, 0.25) is 0 Å². The van der Waals surface area contributed by atoms with Crippen LogP contribution >= 0.6 is 0 Å². The summed E-state index contributed by atoms with van der Waals surface area (Å²) >= 11 is 0. The second-order valence-electron chi connectivity index (χ2n) is 17.1. The van der Waals surface area contributed by atoms with Crippen LogP contribution in [0.15, 0.2) is 109 Å². The molecule has 0 rings (SSSR count). The topological polar surface area (TPSA) is 78.9 Å². The van der Waals surface area contributed by atoms with E-state index < -0.39 is 6.10 Å². The molecule has 0 aromatic heterocycles. The summed E-state index contributed by atoms with van der Waals surface area (Å²) in [4.78, 5) is 38.0. The van der Waals surface area contributed by atoms with Crippen LogP contribution in [0.25, 0.3) is 0 Å². The molecule has 65 heavy (non-hydrogen) atoms. The first-order chi connectivity index (χ1) is 32.0. The third-order valence-electron chi connectivity index (χ3n) is 10.9. The molecule has 0 amide bonds. The number of rotatable bonds is 46. The Morgan fingerprint density at radius 1 is 0.338 bits per heavy atom. The highest BCUT2D eigenvalue weighted by molar-refractivity contribution is 5.71. The Kier molecular flexibility index (Phi) is 49.5. The second kappa shape index (κ2) is 52.7. The van der Waals surface area contributed by atoms with E-state index in [-0.39, 0.29) is 37.5 Å². The maximum Gasteiger partial charge on any atom is 0.306 e. The van der Waals surface area contributed by atoms with Crippen molar-refractivity contribution in [1.29, 1.82) is 0 Å². The maximum atomic E-state index is 12.8. The van der Waals surface area contributed by atoms with Gasteiger partial charge in [0, 0.05) is 19.3 Å². The Morgan fingerprint density at radius 2 is 0.692 bits per heavy atom. The van der Waals surface area contributed by atoms with Crippen molar-refractivity contribution in [3.8, 4) is 0 Å². The molecule has 0 saturated carbocycles. The summed E-state index contributed by atoms with van der Waals surface area (Å²) in [7, 11) is 0. The van der Waals surface area contributed by atoms with Crippen LogP contribution in [-0.2, 0) is 28.6 Å². The molecule has 0 bridgehead atoms. The van der Waals surface area contributed by atoms with Crippen molar-refractivity contribution in [2.75, 3.05) is 13.2 Å². The van der Waals surface area contributed by atoms with Crippen molar-refractivity contribution >= 4 is 17.9 Å². The van der Waals surface area contributed by atoms with E-state index >= 15 is 0 Å². The van der Waals surface area contributed by atoms with Gasteiger partial charge in [0.15, 0.2) is 6.10 Å². The molecule has 1 atom stereocenters. The van der Waals surface area contributed by atoms with Gasteiger partial charge in [0.05, 0.1) is 0 Å². The van der Waals surface area contributed by atoms with Crippen LogP contribution in [0.5, 0.6) is 0 Å². The Morgan fingerprint density at radius 3 is 1.17 bits per heavy atom. The third kappa shape index (κ3) is 50.9. The van der Waals surface area contributed by atoms with E-state index in [4.69, 9.17) is 14.2 Å². The van der Waals surface area contributed by atoms with E-state index in [9.17, 15) is 14.4 Å². The van der Waals surface area contributed by atoms with Crippen LogP contribution in [0.1, 0.15) is 226 Å². The van der Waals surface area contributed by atoms with E-state index in [1.54, 1.807) is 0 Å². The molecule has 0 aromatic rings. The first-order valence-corrected chi connectivity index (χ1v) is 26.4. The van der Waals surface area contributed by atoms with Crippen molar-refractivity contribution in [3.63, 3.8) is 0 Å². The average molecular weight is 901 g/mol. The van der Waals surface area contributed by atoms with E-state index in [1.165, 1.54) is 89.9 Å². The minimum absolute atomic E-state index is 0.116. The second-order valence-corrected chi connectivity index (χ2v) is 17.1. The summed E-state index contributed by atoms with van der Waals surface area (Å²) in [6.07, 6.45) is 70.8. The normalized spacial score (nSPS) is 13.0. The summed E-state index contributed by atoms with van der Waals surface area (Å²) < 4.78 is 16.7. The smallest absolute Gasteiger partial charge is 0.306 e. The Hall–Kier alpha value is -3.93. The van der Waals surface area contributed by atoms with Gasteiger partial charge in [0.1, 0.15) is 13.2 Å². The van der Waals surface area contributed by atoms with Crippen LogP contribution in [0.3, 0.4) is 0 Å². The zero-order valence-corrected chi connectivity index (χ0v) is 42.0. The lowest BCUT2D eigenvalue weighted by atomic mass is 10.0. The summed E-state index contributed by atoms with van der Waals surface area (Å²) in [6, 6.07) is 0. The van der Waals surface area contributed by atoms with Crippen molar-refractivity contribution in [2.24, 2.45) is 0 Å². The first kappa shape index (κ1) is 61.1. The highest BCUT2D eigenvalue weighted by Gasteiger charge is 2.19. The molecule has 0 aliphatic rings. The van der Waals surface area contributed by atoms with Gasteiger partial charge < -0.3 is 14.2 Å². The molecule has 6 nitrogen and oxygen atoms in total. The molecule has 368 valence electrons. The molecule has 0 radical (unpaired) electrons. The van der Waals surface area contributed by atoms with Gasteiger partial charge in [-0.1, -0.05) is 239 Å². The van der Waals surface area contributed by atoms with Crippen LogP contribution in [-0.4, -0.2) is 37.2 Å². The lowest BCUT2D eigenvalue weighted by molar-refractivity contribution is -0.167. The van der Waals surface area contributed by atoms with Crippen molar-refractivity contribution in [2.45, 2.75) is 232 Å². The minimum Gasteiger partial charge on any atom is -0.462 e. The van der Waals surface area contributed by atoms with E-state index in [0.29, 0.717) is 19.3 Å². The molecule has 0 saturated heterocycles. The zero-order chi connectivity index (χ0) is 47.2. The van der Waals surface area contributed by atoms with E-state index in [0.717, 1.165) is 89.9 Å². The molecule has 6 heteroatoms. The van der Waals surface area contributed by atoms with Gasteiger partial charge >= 0.3 is 17.9 Å². The zero-order valence-electron chi connectivity index (χ0n) is 42.0. The highest BCUT2D eigenvalue weighted by Crippen LogP contribution is 2.15. The fraction of sp³-hybridized carbons (Fsp3) is 0.644. The Bertz CT molecular complexity index is 1360. The molecule has 0 spiro atoms. The van der Waals surface area contributed by atoms with Crippen molar-refractivity contribution in [3.05, 3.63) is 109 Å². The molecular weight excluding hydrogens is 805 g/mol. The molecule has 0 N–H and O–H groups in total. The van der Waals surface area contributed by atoms with Crippen LogP contribution < -0.4 is 0 Å². The number of hydrogen-bond acceptors (Lipinski definition) is 6. The van der Waals surface area contributed by atoms with Gasteiger partial charge in [-0.3, -0.25) is 14.4 Å². The predicted molar refractivity (Wildman–Crippen MR) is 279 cm³/mol. The fourth-order valence-electron chi connectivity index (χ4n) is 6.96. The highest BCUT2D eigenvalue weighted by atomic mass is 16.6. The predicted octanol–water partition coefficient (Wildman–Crippen LogP) is 17.5. The lowest BCUT2D eigenvalue weighted by Crippen LogP contribution is -2.30. The molecule has 0 aliphatic heterocycles. The molecule has 0 heterocycles. The Labute approximate surface area is 400 Å². The van der Waals surface area contributed by atoms with Crippen molar-refractivity contribution in [1.82, 2.24) is 0 Å². The first-order valence-electron chi connectivity index (χ1n) is 26.4. The molecule has 0 aromatic carbocycles. The number of esters is 3. The van der Waals surface area contributed by atoms with Gasteiger partial charge in [0.25, 0.3) is 0 Å². The maximum absolute atomic E-state index is 12.8. The number of carbonyl (C=O) groups is 3. The lowest BCUT2D eigenvalue weighted by Gasteiger charge is -2.18. The summed E-state index contributed by atoms with van der Waals surface area (Å²) in [5.74, 6) is -1.01.